The van der Waals surface area contributed by atoms with Crippen LogP contribution in [0.25, 0.3) is 6.08 Å². The average molecular weight is 427 g/mol. The minimum atomic E-state index is -2.83. The Labute approximate surface area is 145 Å². The maximum atomic E-state index is 12.4. The first-order valence-electron chi connectivity index (χ1n) is 9.05. The third-order valence-corrected chi connectivity index (χ3v) is 16.8. The quantitative estimate of drug-likeness (QED) is 0.363. The van der Waals surface area contributed by atoms with E-state index in [9.17, 15) is 4.79 Å². The molecule has 0 spiro atoms. The summed E-state index contributed by atoms with van der Waals surface area (Å²) in [4.78, 5) is 19.3. The second kappa shape index (κ2) is 11.7. The Balaban J connectivity index is 2.75. The normalized spacial score (nSPS) is 12.0. The molecule has 1 rings (SSSR count). The molecule has 4 nitrogen and oxygen atoms in total. The van der Waals surface area contributed by atoms with Crippen molar-refractivity contribution in [1.29, 1.82) is 0 Å². The van der Waals surface area contributed by atoms with Crippen LogP contribution in [0.4, 0.5) is 0 Å². The van der Waals surface area contributed by atoms with Crippen LogP contribution in [0, 0.1) is 0 Å². The second-order valence-electron chi connectivity index (χ2n) is 6.26. The van der Waals surface area contributed by atoms with Crippen LogP contribution in [0.5, 0.6) is 0 Å². The van der Waals surface area contributed by atoms with Crippen molar-refractivity contribution >= 4 is 30.8 Å². The Kier molecular flexibility index (Phi) is 10.3. The van der Waals surface area contributed by atoms with Gasteiger partial charge in [-0.05, 0) is 0 Å². The standard InChI is InChI=1S/C6H6N2O2.3C4H9.Sn/c9-6(10)2-1-5-3-7-4-8-5;3*1-3-4-2;/h1-4H,(H,7,8)(H,9,10);3*1,3-4H2,2H3;/q;;;;+1/p-1/b2-1+;;;;. The molecule has 0 aliphatic heterocycles. The molecular formula is C18H32N2O2Sn. The first-order valence-corrected chi connectivity index (χ1v) is 16.3. The third kappa shape index (κ3) is 8.04. The molecule has 0 bridgehead atoms. The van der Waals surface area contributed by atoms with Crippen LogP contribution in [-0.2, 0) is 7.87 Å². The number of carbonyl (C=O) groups is 1. The van der Waals surface area contributed by atoms with Crippen molar-refractivity contribution < 1.29 is 7.87 Å². The molecule has 1 heterocycles. The van der Waals surface area contributed by atoms with Crippen LogP contribution in [0.3, 0.4) is 0 Å². The van der Waals surface area contributed by atoms with Crippen molar-refractivity contribution in [2.45, 2.75) is 72.6 Å². The molecule has 0 radical (unpaired) electrons. The molecular weight excluding hydrogens is 395 g/mol. The third-order valence-electron chi connectivity index (χ3n) is 4.19. The summed E-state index contributed by atoms with van der Waals surface area (Å²) in [5.74, 6) is -0.154. The van der Waals surface area contributed by atoms with E-state index < -0.39 is 18.8 Å². The minimum absolute atomic E-state index is 0.154. The molecule has 1 N–H and O–H groups in total. The molecule has 1 aromatic heterocycles. The summed E-state index contributed by atoms with van der Waals surface area (Å²) >= 11 is -2.83. The summed E-state index contributed by atoms with van der Waals surface area (Å²) in [6.45, 7) is 6.66. The summed E-state index contributed by atoms with van der Waals surface area (Å²) in [6.07, 6.45) is 13.7. The van der Waals surface area contributed by atoms with Crippen molar-refractivity contribution in [2.24, 2.45) is 0 Å². The van der Waals surface area contributed by atoms with Gasteiger partial charge in [-0.2, -0.15) is 0 Å². The molecule has 130 valence electrons. The molecule has 23 heavy (non-hydrogen) atoms. The zero-order valence-corrected chi connectivity index (χ0v) is 17.8. The van der Waals surface area contributed by atoms with Crippen molar-refractivity contribution in [2.75, 3.05) is 0 Å². The Morgan fingerprint density at radius 1 is 1.13 bits per heavy atom. The zero-order valence-electron chi connectivity index (χ0n) is 14.9. The van der Waals surface area contributed by atoms with Gasteiger partial charge in [0, 0.05) is 0 Å². The van der Waals surface area contributed by atoms with Crippen molar-refractivity contribution in [3.8, 4) is 0 Å². The number of imidazole rings is 1. The average Bonchev–Trinajstić information content (AvgIpc) is 3.07. The van der Waals surface area contributed by atoms with Gasteiger partial charge >= 0.3 is 146 Å². The van der Waals surface area contributed by atoms with Gasteiger partial charge in [-0.3, -0.25) is 0 Å². The predicted octanol–water partition coefficient (Wildman–Crippen LogP) is 5.31. The molecule has 0 unspecified atom stereocenters. The van der Waals surface area contributed by atoms with Gasteiger partial charge in [-0.15, -0.1) is 0 Å². The predicted molar refractivity (Wildman–Crippen MR) is 98.6 cm³/mol. The molecule has 0 amide bonds. The van der Waals surface area contributed by atoms with Crippen LogP contribution in [0.15, 0.2) is 18.6 Å². The van der Waals surface area contributed by atoms with Gasteiger partial charge in [0.2, 0.25) is 0 Å². The number of hydrogen-bond acceptors (Lipinski definition) is 3. The summed E-state index contributed by atoms with van der Waals surface area (Å²) < 4.78 is 9.72. The van der Waals surface area contributed by atoms with E-state index in [-0.39, 0.29) is 5.97 Å². The SMILES string of the molecule is CCC[CH2][Sn]([CH2]CCC)([CH2]CCC)[O]C(=O)/C=C/c1cnc[nH]1. The number of aromatic amines is 1. The number of H-pyrrole nitrogens is 1. The van der Waals surface area contributed by atoms with E-state index in [1.165, 1.54) is 51.8 Å². The maximum absolute atomic E-state index is 12.4. The molecule has 0 aliphatic rings. The van der Waals surface area contributed by atoms with Crippen LogP contribution < -0.4 is 0 Å². The number of rotatable bonds is 12. The van der Waals surface area contributed by atoms with Gasteiger partial charge in [-0.25, -0.2) is 0 Å². The first kappa shape index (κ1) is 20.3. The van der Waals surface area contributed by atoms with E-state index in [4.69, 9.17) is 3.07 Å². The fourth-order valence-corrected chi connectivity index (χ4v) is 15.8. The fraction of sp³-hybridized carbons (Fsp3) is 0.667. The molecule has 0 fully saturated rings. The Hall–Kier alpha value is -0.781. The second-order valence-corrected chi connectivity index (χ2v) is 17.9. The summed E-state index contributed by atoms with van der Waals surface area (Å²) in [6, 6.07) is 0. The van der Waals surface area contributed by atoms with Crippen LogP contribution in [0.1, 0.15) is 65.0 Å². The van der Waals surface area contributed by atoms with E-state index in [0.29, 0.717) is 0 Å². The van der Waals surface area contributed by atoms with Crippen LogP contribution in [-0.4, -0.2) is 34.7 Å². The van der Waals surface area contributed by atoms with Gasteiger partial charge in [-0.1, -0.05) is 0 Å². The molecule has 1 aromatic rings. The number of hydrogen-bond donors (Lipinski definition) is 1. The van der Waals surface area contributed by atoms with Crippen LogP contribution >= 0.6 is 0 Å². The molecule has 5 heteroatoms. The van der Waals surface area contributed by atoms with Gasteiger partial charge in [0.1, 0.15) is 0 Å². The van der Waals surface area contributed by atoms with Gasteiger partial charge in [0.05, 0.1) is 0 Å². The number of nitrogens with zero attached hydrogens (tertiary/aromatic N) is 1. The zero-order chi connectivity index (χ0) is 17.0. The first-order chi connectivity index (χ1) is 11.2. The topological polar surface area (TPSA) is 55.0 Å². The Bertz CT molecular complexity index is 436. The Morgan fingerprint density at radius 2 is 1.70 bits per heavy atom. The number of carbonyl (C=O) groups excluding carboxylic acids is 1. The number of aromatic nitrogens is 2. The molecule has 0 aromatic carbocycles. The van der Waals surface area contributed by atoms with E-state index in [2.05, 4.69) is 30.7 Å². The number of unbranched alkanes of at least 4 members (excludes halogenated alkanes) is 3. The van der Waals surface area contributed by atoms with E-state index in [0.717, 1.165) is 5.69 Å². The van der Waals surface area contributed by atoms with E-state index >= 15 is 0 Å². The monoisotopic (exact) mass is 428 g/mol. The molecule has 0 saturated carbocycles. The van der Waals surface area contributed by atoms with Crippen molar-refractivity contribution in [1.82, 2.24) is 9.97 Å². The summed E-state index contributed by atoms with van der Waals surface area (Å²) in [5, 5.41) is 0. The molecule has 0 atom stereocenters. The fourth-order valence-electron chi connectivity index (χ4n) is 2.79. The van der Waals surface area contributed by atoms with Crippen molar-refractivity contribution in [3.63, 3.8) is 0 Å². The summed E-state index contributed by atoms with van der Waals surface area (Å²) in [7, 11) is 0. The van der Waals surface area contributed by atoms with E-state index in [1.807, 2.05) is 0 Å². The van der Waals surface area contributed by atoms with E-state index in [1.54, 1.807) is 24.7 Å². The van der Waals surface area contributed by atoms with Gasteiger partial charge < -0.3 is 0 Å². The van der Waals surface area contributed by atoms with Gasteiger partial charge in [0.25, 0.3) is 0 Å². The molecule has 0 saturated heterocycles. The van der Waals surface area contributed by atoms with Crippen molar-refractivity contribution in [3.05, 3.63) is 24.3 Å². The molecule has 0 aliphatic carbocycles. The van der Waals surface area contributed by atoms with Crippen LogP contribution in [0.2, 0.25) is 13.3 Å². The summed E-state index contributed by atoms with van der Waals surface area (Å²) in [5.41, 5.74) is 0.832. The number of nitrogens with one attached hydrogen (secondary N) is 1. The van der Waals surface area contributed by atoms with Gasteiger partial charge in [0.15, 0.2) is 0 Å². The Morgan fingerprint density at radius 3 is 2.13 bits per heavy atom.